The van der Waals surface area contributed by atoms with Gasteiger partial charge in [0.25, 0.3) is 0 Å². The summed E-state index contributed by atoms with van der Waals surface area (Å²) in [4.78, 5) is 25.3. The third-order valence-electron chi connectivity index (χ3n) is 5.99. The van der Waals surface area contributed by atoms with Crippen molar-refractivity contribution in [1.82, 2.24) is 29.8 Å². The van der Waals surface area contributed by atoms with Gasteiger partial charge in [-0.3, -0.25) is 9.88 Å². The zero-order chi connectivity index (χ0) is 22.1. The number of aliphatic hydroxyl groups excluding tert-OH is 1. The number of aromatic amines is 1. The summed E-state index contributed by atoms with van der Waals surface area (Å²) < 4.78 is 0. The van der Waals surface area contributed by atoms with Gasteiger partial charge in [-0.1, -0.05) is 11.6 Å². The summed E-state index contributed by atoms with van der Waals surface area (Å²) in [6.07, 6.45) is 4.93. The van der Waals surface area contributed by atoms with Crippen LogP contribution in [0.1, 0.15) is 18.5 Å². The Morgan fingerprint density at radius 1 is 1.19 bits per heavy atom. The highest BCUT2D eigenvalue weighted by molar-refractivity contribution is 6.36. The molecule has 0 saturated carbocycles. The molecular weight excluding hydrogens is 428 g/mol. The van der Waals surface area contributed by atoms with E-state index in [1.165, 1.54) is 6.33 Å². The molecule has 0 radical (unpaired) electrons. The average Bonchev–Trinajstić information content (AvgIpc) is 3.30. The number of aliphatic hydroxyl groups is 1. The lowest BCUT2D eigenvalue weighted by atomic mass is 10.0. The molecule has 4 aromatic rings. The summed E-state index contributed by atoms with van der Waals surface area (Å²) in [5, 5.41) is 14.4. The van der Waals surface area contributed by atoms with Crippen molar-refractivity contribution in [2.75, 3.05) is 49.5 Å². The number of H-pyrrole nitrogens is 1. The standard InChI is InChI=1S/C22H25ClN8O/c1-14(29-22-19-21(26-12-25-19)27-13-28-22)16-11-17(23)15-3-2-4-24-18(15)20(16)31-7-5-30(6-8-31)9-10-32/h2-4,11-14,32H,5-10H2,1H3,(H2,25,26,27,28,29). The van der Waals surface area contributed by atoms with Crippen molar-refractivity contribution in [2.45, 2.75) is 13.0 Å². The first-order chi connectivity index (χ1) is 15.7. The highest BCUT2D eigenvalue weighted by atomic mass is 35.5. The predicted molar refractivity (Wildman–Crippen MR) is 126 cm³/mol. The summed E-state index contributed by atoms with van der Waals surface area (Å²) in [6, 6.07) is 5.86. The largest absolute Gasteiger partial charge is 0.395 e. The van der Waals surface area contributed by atoms with E-state index in [0.29, 0.717) is 23.0 Å². The molecule has 3 aromatic heterocycles. The van der Waals surface area contributed by atoms with E-state index in [1.807, 2.05) is 24.4 Å². The van der Waals surface area contributed by atoms with Crippen LogP contribution >= 0.6 is 11.6 Å². The number of fused-ring (bicyclic) bond motifs is 2. The maximum absolute atomic E-state index is 9.28. The molecule has 32 heavy (non-hydrogen) atoms. The summed E-state index contributed by atoms with van der Waals surface area (Å²) in [6.45, 7) is 6.45. The minimum atomic E-state index is -0.0919. The van der Waals surface area contributed by atoms with Crippen LogP contribution < -0.4 is 10.2 Å². The van der Waals surface area contributed by atoms with Gasteiger partial charge >= 0.3 is 0 Å². The van der Waals surface area contributed by atoms with Crippen molar-refractivity contribution in [3.8, 4) is 0 Å². The van der Waals surface area contributed by atoms with E-state index in [9.17, 15) is 5.11 Å². The van der Waals surface area contributed by atoms with Crippen LogP contribution in [0.2, 0.25) is 5.02 Å². The molecule has 1 saturated heterocycles. The van der Waals surface area contributed by atoms with E-state index in [2.05, 4.69) is 42.0 Å². The molecule has 0 bridgehead atoms. The number of imidazole rings is 1. The van der Waals surface area contributed by atoms with Gasteiger partial charge in [0, 0.05) is 49.9 Å². The first-order valence-corrected chi connectivity index (χ1v) is 11.1. The zero-order valence-electron chi connectivity index (χ0n) is 17.8. The number of nitrogens with one attached hydrogen (secondary N) is 2. The van der Waals surface area contributed by atoms with E-state index in [-0.39, 0.29) is 12.6 Å². The Morgan fingerprint density at radius 2 is 2.03 bits per heavy atom. The van der Waals surface area contributed by atoms with Gasteiger partial charge in [-0.05, 0) is 25.1 Å². The van der Waals surface area contributed by atoms with Crippen LogP contribution in [0.5, 0.6) is 0 Å². The summed E-state index contributed by atoms with van der Waals surface area (Å²) in [5.74, 6) is 0.691. The second-order valence-corrected chi connectivity index (χ2v) is 8.34. The number of aromatic nitrogens is 5. The topological polar surface area (TPSA) is 106 Å². The second kappa shape index (κ2) is 8.85. The van der Waals surface area contributed by atoms with Crippen LogP contribution in [-0.4, -0.2) is 74.3 Å². The van der Waals surface area contributed by atoms with Gasteiger partial charge in [-0.25, -0.2) is 15.0 Å². The zero-order valence-corrected chi connectivity index (χ0v) is 18.5. The van der Waals surface area contributed by atoms with Crippen molar-refractivity contribution in [2.24, 2.45) is 0 Å². The predicted octanol–water partition coefficient (Wildman–Crippen LogP) is 2.84. The van der Waals surface area contributed by atoms with E-state index >= 15 is 0 Å². The van der Waals surface area contributed by atoms with Gasteiger partial charge in [-0.15, -0.1) is 0 Å². The fourth-order valence-corrected chi connectivity index (χ4v) is 4.63. The number of hydrogen-bond donors (Lipinski definition) is 3. The van der Waals surface area contributed by atoms with E-state index in [1.54, 1.807) is 6.33 Å². The Bertz CT molecular complexity index is 1240. The molecule has 9 nitrogen and oxygen atoms in total. The van der Waals surface area contributed by atoms with E-state index in [0.717, 1.165) is 53.8 Å². The normalized spacial score (nSPS) is 16.0. The molecule has 4 heterocycles. The van der Waals surface area contributed by atoms with Gasteiger partial charge in [0.15, 0.2) is 11.5 Å². The van der Waals surface area contributed by atoms with E-state index in [4.69, 9.17) is 16.6 Å². The molecule has 0 aliphatic carbocycles. The van der Waals surface area contributed by atoms with Crippen molar-refractivity contribution in [3.63, 3.8) is 0 Å². The lowest BCUT2D eigenvalue weighted by Crippen LogP contribution is -2.47. The van der Waals surface area contributed by atoms with Gasteiger partial charge in [-0.2, -0.15) is 0 Å². The Labute approximate surface area is 190 Å². The van der Waals surface area contributed by atoms with Gasteiger partial charge < -0.3 is 20.3 Å². The van der Waals surface area contributed by atoms with Gasteiger partial charge in [0.1, 0.15) is 11.8 Å². The number of rotatable bonds is 6. The number of hydrogen-bond acceptors (Lipinski definition) is 8. The third-order valence-corrected chi connectivity index (χ3v) is 6.31. The van der Waals surface area contributed by atoms with E-state index < -0.39 is 0 Å². The van der Waals surface area contributed by atoms with Crippen LogP contribution in [0.15, 0.2) is 37.1 Å². The van der Waals surface area contributed by atoms with Crippen LogP contribution in [-0.2, 0) is 0 Å². The molecule has 1 aliphatic rings. The maximum atomic E-state index is 9.28. The summed E-state index contributed by atoms with van der Waals surface area (Å²) in [7, 11) is 0. The lowest BCUT2D eigenvalue weighted by molar-refractivity contribution is 0.189. The van der Waals surface area contributed by atoms with Gasteiger partial charge in [0.05, 0.1) is 35.2 Å². The van der Waals surface area contributed by atoms with Crippen molar-refractivity contribution in [3.05, 3.63) is 47.6 Å². The maximum Gasteiger partial charge on any atom is 0.182 e. The quantitative estimate of drug-likeness (QED) is 0.410. The Kier molecular flexibility index (Phi) is 5.77. The molecule has 0 amide bonds. The van der Waals surface area contributed by atoms with Gasteiger partial charge in [0.2, 0.25) is 0 Å². The number of halogens is 1. The first-order valence-electron chi connectivity index (χ1n) is 10.7. The van der Waals surface area contributed by atoms with Crippen molar-refractivity contribution >= 4 is 45.2 Å². The molecule has 0 spiro atoms. The number of pyridine rings is 1. The van der Waals surface area contributed by atoms with Crippen molar-refractivity contribution in [1.29, 1.82) is 0 Å². The van der Waals surface area contributed by atoms with Crippen LogP contribution in [0.3, 0.4) is 0 Å². The Morgan fingerprint density at radius 3 is 2.84 bits per heavy atom. The molecule has 3 N–H and O–H groups in total. The van der Waals surface area contributed by atoms with Crippen LogP contribution in [0.25, 0.3) is 22.1 Å². The second-order valence-electron chi connectivity index (χ2n) is 7.94. The fraction of sp³-hybridized carbons (Fsp3) is 0.364. The number of β-amino-alcohol motifs (C(OH)–C–C–N with tert-alkyl or cyclic N) is 1. The number of benzene rings is 1. The monoisotopic (exact) mass is 452 g/mol. The van der Waals surface area contributed by atoms with Crippen molar-refractivity contribution < 1.29 is 5.11 Å². The molecule has 166 valence electrons. The Balaban J connectivity index is 1.55. The number of anilines is 2. The lowest BCUT2D eigenvalue weighted by Gasteiger charge is -2.38. The number of nitrogens with zero attached hydrogens (tertiary/aromatic N) is 6. The minimum absolute atomic E-state index is 0.0919. The highest BCUT2D eigenvalue weighted by Gasteiger charge is 2.25. The first kappa shape index (κ1) is 20.9. The molecule has 5 rings (SSSR count). The minimum Gasteiger partial charge on any atom is -0.395 e. The molecule has 1 aromatic carbocycles. The molecule has 1 unspecified atom stereocenters. The highest BCUT2D eigenvalue weighted by Crippen LogP contribution is 2.39. The summed E-state index contributed by atoms with van der Waals surface area (Å²) in [5.41, 5.74) is 4.43. The molecule has 1 atom stereocenters. The Hall–Kier alpha value is -3.01. The summed E-state index contributed by atoms with van der Waals surface area (Å²) >= 11 is 6.70. The fourth-order valence-electron chi connectivity index (χ4n) is 4.36. The molecular formula is C22H25ClN8O. The third kappa shape index (κ3) is 3.83. The van der Waals surface area contributed by atoms with Crippen LogP contribution in [0.4, 0.5) is 11.5 Å². The average molecular weight is 453 g/mol. The molecule has 1 fully saturated rings. The number of piperazine rings is 1. The molecule has 1 aliphatic heterocycles. The molecule has 10 heteroatoms. The smallest absolute Gasteiger partial charge is 0.182 e. The SMILES string of the molecule is CC(Nc1ncnc2nc[nH]c12)c1cc(Cl)c2cccnc2c1N1CCN(CCO)CC1. The van der Waals surface area contributed by atoms with Crippen LogP contribution in [0, 0.1) is 0 Å².